The fourth-order valence-corrected chi connectivity index (χ4v) is 2.30. The highest BCUT2D eigenvalue weighted by molar-refractivity contribution is 6.08. The summed E-state index contributed by atoms with van der Waals surface area (Å²) in [6.07, 6.45) is 1.98. The minimum absolute atomic E-state index is 0.184. The smallest absolute Gasteiger partial charge is 0.134 e. The summed E-state index contributed by atoms with van der Waals surface area (Å²) in [5.41, 5.74) is 0.158. The van der Waals surface area contributed by atoms with Crippen molar-refractivity contribution < 1.29 is 13.9 Å². The third kappa shape index (κ3) is 2.82. The Labute approximate surface area is 113 Å². The van der Waals surface area contributed by atoms with E-state index in [1.807, 2.05) is 18.2 Å². The highest BCUT2D eigenvalue weighted by atomic mass is 19.1. The van der Waals surface area contributed by atoms with Crippen LogP contribution in [0.4, 0.5) is 4.39 Å². The number of halogens is 1. The molecule has 0 bridgehead atoms. The summed E-state index contributed by atoms with van der Waals surface area (Å²) in [5, 5.41) is 14.6. The number of hydrogen-bond donors (Lipinski definition) is 2. The van der Waals surface area contributed by atoms with Crippen molar-refractivity contribution in [2.24, 2.45) is 0 Å². The van der Waals surface area contributed by atoms with Gasteiger partial charge in [-0.1, -0.05) is 12.1 Å². The summed E-state index contributed by atoms with van der Waals surface area (Å²) in [6, 6.07) is 6.87. The van der Waals surface area contributed by atoms with E-state index in [9.17, 15) is 9.50 Å². The number of benzene rings is 1. The number of fused-ring (bicyclic) bond motifs is 1. The average molecular weight is 261 g/mol. The van der Waals surface area contributed by atoms with Gasteiger partial charge in [0.2, 0.25) is 0 Å². The van der Waals surface area contributed by atoms with Crippen molar-refractivity contribution in [3.63, 3.8) is 0 Å². The van der Waals surface area contributed by atoms with E-state index in [1.165, 1.54) is 0 Å². The molecule has 0 saturated heterocycles. The zero-order chi connectivity index (χ0) is 13.9. The molecule has 0 aliphatic heterocycles. The molecule has 1 aromatic carbocycles. The quantitative estimate of drug-likeness (QED) is 0.782. The second-order valence-corrected chi connectivity index (χ2v) is 4.76. The predicted octanol–water partition coefficient (Wildman–Crippen LogP) is 2.08. The summed E-state index contributed by atoms with van der Waals surface area (Å²) >= 11 is 0. The lowest BCUT2D eigenvalue weighted by Gasteiger charge is -2.33. The Kier molecular flexibility index (Phi) is 4.27. The van der Waals surface area contributed by atoms with Crippen LogP contribution in [0.2, 0.25) is 0 Å². The van der Waals surface area contributed by atoms with Crippen LogP contribution < -0.4 is 5.32 Å². The molecule has 2 radical (unpaired) electrons. The van der Waals surface area contributed by atoms with Crippen LogP contribution in [0.3, 0.4) is 0 Å². The fourth-order valence-electron chi connectivity index (χ4n) is 2.30. The first-order chi connectivity index (χ1) is 9.09. The van der Waals surface area contributed by atoms with Gasteiger partial charge in [-0.15, -0.1) is 0 Å². The molecule has 0 saturated carbocycles. The minimum Gasteiger partial charge on any atom is -0.464 e. The van der Waals surface area contributed by atoms with Crippen LogP contribution in [-0.4, -0.2) is 32.1 Å². The number of rotatable bonds is 6. The van der Waals surface area contributed by atoms with Gasteiger partial charge in [0.05, 0.1) is 20.8 Å². The molecule has 1 aromatic heterocycles. The second-order valence-electron chi connectivity index (χ2n) is 4.76. The third-order valence-corrected chi connectivity index (χ3v) is 3.48. The van der Waals surface area contributed by atoms with Gasteiger partial charge in [0.1, 0.15) is 11.2 Å². The lowest BCUT2D eigenvalue weighted by atomic mass is 9.85. The van der Waals surface area contributed by atoms with Crippen LogP contribution in [0.5, 0.6) is 0 Å². The molecular weight excluding hydrogens is 244 g/mol. The lowest BCUT2D eigenvalue weighted by Crippen LogP contribution is -2.47. The van der Waals surface area contributed by atoms with Gasteiger partial charge in [0.15, 0.2) is 0 Å². The zero-order valence-corrected chi connectivity index (χ0v) is 10.9. The molecule has 2 rings (SSSR count). The van der Waals surface area contributed by atoms with Gasteiger partial charge >= 0.3 is 0 Å². The molecule has 0 aliphatic rings. The normalized spacial score (nSPS) is 16.4. The van der Waals surface area contributed by atoms with Gasteiger partial charge in [0, 0.05) is 11.4 Å². The Hall–Kier alpha value is -1.33. The maximum atomic E-state index is 12.6. The monoisotopic (exact) mass is 261 g/mol. The molecule has 2 unspecified atom stereocenters. The first-order valence-corrected chi connectivity index (χ1v) is 6.29. The van der Waals surface area contributed by atoms with E-state index in [1.54, 1.807) is 19.3 Å². The van der Waals surface area contributed by atoms with E-state index < -0.39 is 18.3 Å². The Morgan fingerprint density at radius 3 is 2.95 bits per heavy atom. The number of nitrogens with one attached hydrogen (secondary N) is 1. The Morgan fingerprint density at radius 2 is 2.26 bits per heavy atom. The highest BCUT2D eigenvalue weighted by Crippen LogP contribution is 2.29. The first kappa shape index (κ1) is 14.1. The molecule has 2 atom stereocenters. The molecule has 0 amide bonds. The molecule has 5 heteroatoms. The van der Waals surface area contributed by atoms with Gasteiger partial charge in [0.25, 0.3) is 0 Å². The Balaban J connectivity index is 2.34. The van der Waals surface area contributed by atoms with Crippen LogP contribution in [0.25, 0.3) is 11.0 Å². The molecule has 0 aliphatic carbocycles. The molecular formula is C14H17BFNO2. The molecule has 0 fully saturated rings. The van der Waals surface area contributed by atoms with Crippen molar-refractivity contribution in [1.82, 2.24) is 5.32 Å². The average Bonchev–Trinajstić information content (AvgIpc) is 2.85. The van der Waals surface area contributed by atoms with E-state index in [-0.39, 0.29) is 12.9 Å². The van der Waals surface area contributed by atoms with Gasteiger partial charge in [-0.2, -0.15) is 0 Å². The number of aliphatic hydroxyl groups is 1. The molecule has 2 N–H and O–H groups in total. The number of hydrogen-bond acceptors (Lipinski definition) is 3. The highest BCUT2D eigenvalue weighted by Gasteiger charge is 2.33. The number of alkyl halides is 1. The van der Waals surface area contributed by atoms with E-state index >= 15 is 0 Å². The Morgan fingerprint density at radius 1 is 1.47 bits per heavy atom. The molecule has 0 spiro atoms. The van der Waals surface area contributed by atoms with Gasteiger partial charge in [-0.3, -0.25) is 4.39 Å². The van der Waals surface area contributed by atoms with Crippen molar-refractivity contribution in [3.8, 4) is 0 Å². The van der Waals surface area contributed by atoms with Gasteiger partial charge in [-0.25, -0.2) is 0 Å². The lowest BCUT2D eigenvalue weighted by molar-refractivity contribution is 0.0117. The SMILES string of the molecule is [B]CNC(CCF)C(C)(O)c1ccc2ccoc2c1. The summed E-state index contributed by atoms with van der Waals surface area (Å²) in [7, 11) is 5.45. The van der Waals surface area contributed by atoms with Crippen molar-refractivity contribution >= 4 is 18.8 Å². The van der Waals surface area contributed by atoms with Crippen LogP contribution >= 0.6 is 0 Å². The standard InChI is InChI=1S/C14H17BFNO2/c1-14(18,13(4-6-16)17-9-15)11-3-2-10-5-7-19-12(10)8-11/h2-3,5,7-8,13,17-18H,4,6,9H2,1H3. The van der Waals surface area contributed by atoms with E-state index in [0.29, 0.717) is 11.1 Å². The van der Waals surface area contributed by atoms with Crippen molar-refractivity contribution in [2.45, 2.75) is 25.0 Å². The minimum atomic E-state index is -1.22. The van der Waals surface area contributed by atoms with E-state index in [4.69, 9.17) is 12.3 Å². The van der Waals surface area contributed by atoms with Gasteiger partial charge < -0.3 is 14.8 Å². The van der Waals surface area contributed by atoms with E-state index in [2.05, 4.69) is 5.32 Å². The molecule has 1 heterocycles. The maximum absolute atomic E-state index is 12.6. The summed E-state index contributed by atoms with van der Waals surface area (Å²) < 4.78 is 17.9. The van der Waals surface area contributed by atoms with Crippen LogP contribution in [0.15, 0.2) is 34.9 Å². The molecule has 100 valence electrons. The van der Waals surface area contributed by atoms with Crippen LogP contribution in [0, 0.1) is 0 Å². The number of furan rings is 1. The van der Waals surface area contributed by atoms with Crippen LogP contribution in [0.1, 0.15) is 18.9 Å². The summed E-state index contributed by atoms with van der Waals surface area (Å²) in [4.78, 5) is 0. The maximum Gasteiger partial charge on any atom is 0.134 e. The van der Waals surface area contributed by atoms with Crippen LogP contribution in [-0.2, 0) is 5.60 Å². The summed E-state index contributed by atoms with van der Waals surface area (Å²) in [6.45, 7) is 1.14. The van der Waals surface area contributed by atoms with Gasteiger partial charge in [-0.05, 0) is 37.5 Å². The second kappa shape index (κ2) is 5.76. The molecule has 3 nitrogen and oxygen atoms in total. The topological polar surface area (TPSA) is 45.4 Å². The zero-order valence-electron chi connectivity index (χ0n) is 10.9. The predicted molar refractivity (Wildman–Crippen MR) is 73.9 cm³/mol. The largest absolute Gasteiger partial charge is 0.464 e. The first-order valence-electron chi connectivity index (χ1n) is 6.29. The van der Waals surface area contributed by atoms with Crippen molar-refractivity contribution in [1.29, 1.82) is 0 Å². The van der Waals surface area contributed by atoms with Crippen molar-refractivity contribution in [2.75, 3.05) is 13.1 Å². The molecule has 19 heavy (non-hydrogen) atoms. The third-order valence-electron chi connectivity index (χ3n) is 3.48. The Bertz CT molecular complexity index is 535. The summed E-state index contributed by atoms with van der Waals surface area (Å²) in [5.74, 6) is 0. The van der Waals surface area contributed by atoms with Crippen molar-refractivity contribution in [3.05, 3.63) is 36.1 Å². The molecule has 2 aromatic rings. The van der Waals surface area contributed by atoms with E-state index in [0.717, 1.165) is 5.39 Å². The fraction of sp³-hybridized carbons (Fsp3) is 0.429.